The van der Waals surface area contributed by atoms with E-state index in [1.807, 2.05) is 0 Å². The van der Waals surface area contributed by atoms with Gasteiger partial charge < -0.3 is 15.7 Å². The van der Waals surface area contributed by atoms with Crippen molar-refractivity contribution < 1.29 is 9.90 Å². The number of halogens is 2. The van der Waals surface area contributed by atoms with Crippen molar-refractivity contribution in [2.24, 2.45) is 0 Å². The molecule has 2 rings (SSSR count). The molecule has 4 nitrogen and oxygen atoms in total. The van der Waals surface area contributed by atoms with Crippen LogP contribution >= 0.6 is 23.2 Å². The Morgan fingerprint density at radius 1 is 1.26 bits per heavy atom. The summed E-state index contributed by atoms with van der Waals surface area (Å²) in [7, 11) is 0. The highest BCUT2D eigenvalue weighted by atomic mass is 35.5. The van der Waals surface area contributed by atoms with Gasteiger partial charge in [-0.05, 0) is 31.0 Å². The Morgan fingerprint density at radius 2 is 1.95 bits per heavy atom. The molecular formula is C13H16Cl2N2O2. The maximum atomic E-state index is 11.9. The molecule has 1 aromatic carbocycles. The summed E-state index contributed by atoms with van der Waals surface area (Å²) in [4.78, 5) is 11.9. The molecule has 1 aliphatic carbocycles. The first-order valence-electron chi connectivity index (χ1n) is 6.20. The van der Waals surface area contributed by atoms with Crippen molar-refractivity contribution in [3.05, 3.63) is 28.2 Å². The molecule has 2 amide bonds. The molecule has 0 saturated heterocycles. The number of carbonyl (C=O) groups excluding carboxylic acids is 1. The number of amides is 2. The highest BCUT2D eigenvalue weighted by Gasteiger charge is 2.34. The lowest BCUT2D eigenvalue weighted by Gasteiger charge is -2.28. The third-order valence-corrected chi connectivity index (χ3v) is 4.16. The third kappa shape index (κ3) is 3.53. The molecule has 0 aromatic heterocycles. The molecule has 1 aromatic rings. The smallest absolute Gasteiger partial charge is 0.319 e. The fraction of sp³-hybridized carbons (Fsp3) is 0.462. The van der Waals surface area contributed by atoms with Crippen molar-refractivity contribution in [1.82, 2.24) is 5.32 Å². The zero-order chi connectivity index (χ0) is 13.9. The Hall–Kier alpha value is -0.970. The zero-order valence-corrected chi connectivity index (χ0v) is 11.9. The molecule has 1 saturated carbocycles. The van der Waals surface area contributed by atoms with Crippen molar-refractivity contribution in [3.63, 3.8) is 0 Å². The van der Waals surface area contributed by atoms with Crippen LogP contribution in [0.25, 0.3) is 0 Å². The van der Waals surface area contributed by atoms with Crippen LogP contribution in [0.4, 0.5) is 10.5 Å². The van der Waals surface area contributed by atoms with Crippen molar-refractivity contribution in [1.29, 1.82) is 0 Å². The molecule has 0 atom stereocenters. The van der Waals surface area contributed by atoms with E-state index in [1.165, 1.54) is 0 Å². The second kappa shape index (κ2) is 5.99. The number of rotatable bonds is 3. The molecular weight excluding hydrogens is 287 g/mol. The highest BCUT2D eigenvalue weighted by molar-refractivity contribution is 6.42. The van der Waals surface area contributed by atoms with Gasteiger partial charge in [0.05, 0.1) is 22.2 Å². The molecule has 0 heterocycles. The van der Waals surface area contributed by atoms with Crippen LogP contribution in [0.1, 0.15) is 25.7 Å². The van der Waals surface area contributed by atoms with Gasteiger partial charge in [0.15, 0.2) is 0 Å². The molecule has 19 heavy (non-hydrogen) atoms. The molecule has 0 unspecified atom stereocenters. The van der Waals surface area contributed by atoms with Gasteiger partial charge in [-0.25, -0.2) is 4.79 Å². The Balaban J connectivity index is 1.99. The second-order valence-corrected chi connectivity index (χ2v) is 5.67. The Morgan fingerprint density at radius 3 is 2.53 bits per heavy atom. The van der Waals surface area contributed by atoms with Gasteiger partial charge in [0.1, 0.15) is 0 Å². The number of hydrogen-bond acceptors (Lipinski definition) is 2. The van der Waals surface area contributed by atoms with Gasteiger partial charge in [-0.15, -0.1) is 0 Å². The molecule has 3 N–H and O–H groups in total. The summed E-state index contributed by atoms with van der Waals surface area (Å²) in [6.07, 6.45) is 3.65. The number of carbonyl (C=O) groups is 1. The summed E-state index contributed by atoms with van der Waals surface area (Å²) < 4.78 is 0. The van der Waals surface area contributed by atoms with E-state index < -0.39 is 5.54 Å². The quantitative estimate of drug-likeness (QED) is 0.801. The normalized spacial score (nSPS) is 17.2. The maximum absolute atomic E-state index is 11.9. The summed E-state index contributed by atoms with van der Waals surface area (Å²) in [5.41, 5.74) is 0.0818. The van der Waals surface area contributed by atoms with Crippen LogP contribution in [0, 0.1) is 0 Å². The summed E-state index contributed by atoms with van der Waals surface area (Å²) in [6, 6.07) is 4.55. The van der Waals surface area contributed by atoms with Gasteiger partial charge in [-0.1, -0.05) is 36.0 Å². The average Bonchev–Trinajstić information content (AvgIpc) is 2.83. The van der Waals surface area contributed by atoms with Gasteiger partial charge in [0.2, 0.25) is 0 Å². The zero-order valence-electron chi connectivity index (χ0n) is 10.4. The topological polar surface area (TPSA) is 61.4 Å². The SMILES string of the molecule is O=C(Nc1ccc(Cl)c(Cl)c1)NC1(CO)CCCC1. The largest absolute Gasteiger partial charge is 0.394 e. The van der Waals surface area contributed by atoms with Crippen LogP contribution in [-0.4, -0.2) is 23.3 Å². The van der Waals surface area contributed by atoms with E-state index in [9.17, 15) is 9.90 Å². The first-order valence-corrected chi connectivity index (χ1v) is 6.95. The number of anilines is 1. The minimum absolute atomic E-state index is 0.0399. The molecule has 0 radical (unpaired) electrons. The molecule has 0 spiro atoms. The molecule has 104 valence electrons. The van der Waals surface area contributed by atoms with Crippen LogP contribution in [0.15, 0.2) is 18.2 Å². The van der Waals surface area contributed by atoms with Gasteiger partial charge in [0.25, 0.3) is 0 Å². The standard InChI is InChI=1S/C13H16Cl2N2O2/c14-10-4-3-9(7-11(10)15)16-12(19)17-13(8-18)5-1-2-6-13/h3-4,7,18H,1-2,5-6,8H2,(H2,16,17,19). The lowest BCUT2D eigenvalue weighted by atomic mass is 9.99. The van der Waals surface area contributed by atoms with Crippen LogP contribution in [0.3, 0.4) is 0 Å². The monoisotopic (exact) mass is 302 g/mol. The van der Waals surface area contributed by atoms with E-state index in [2.05, 4.69) is 10.6 Å². The number of aliphatic hydroxyl groups excluding tert-OH is 1. The first-order chi connectivity index (χ1) is 9.04. The van der Waals surface area contributed by atoms with E-state index in [4.69, 9.17) is 23.2 Å². The molecule has 0 aliphatic heterocycles. The predicted molar refractivity (Wildman–Crippen MR) is 76.9 cm³/mol. The van der Waals surface area contributed by atoms with Crippen LogP contribution in [0.2, 0.25) is 10.0 Å². The van der Waals surface area contributed by atoms with E-state index in [0.29, 0.717) is 15.7 Å². The molecule has 0 bridgehead atoms. The Bertz CT molecular complexity index is 474. The van der Waals surface area contributed by atoms with Crippen molar-refractivity contribution in [3.8, 4) is 0 Å². The van der Waals surface area contributed by atoms with Gasteiger partial charge in [-0.3, -0.25) is 0 Å². The van der Waals surface area contributed by atoms with E-state index >= 15 is 0 Å². The molecule has 1 fully saturated rings. The Kier molecular flexibility index (Phi) is 4.55. The lowest BCUT2D eigenvalue weighted by Crippen LogP contribution is -2.50. The first kappa shape index (κ1) is 14.4. The number of hydrogen-bond donors (Lipinski definition) is 3. The fourth-order valence-electron chi connectivity index (χ4n) is 2.35. The third-order valence-electron chi connectivity index (χ3n) is 3.42. The number of benzene rings is 1. The highest BCUT2D eigenvalue weighted by Crippen LogP contribution is 2.29. The minimum Gasteiger partial charge on any atom is -0.394 e. The van der Waals surface area contributed by atoms with E-state index in [0.717, 1.165) is 25.7 Å². The number of aliphatic hydroxyl groups is 1. The second-order valence-electron chi connectivity index (χ2n) is 4.85. The number of nitrogens with one attached hydrogen (secondary N) is 2. The van der Waals surface area contributed by atoms with Crippen molar-refractivity contribution in [2.45, 2.75) is 31.2 Å². The fourth-order valence-corrected chi connectivity index (χ4v) is 2.65. The summed E-state index contributed by atoms with van der Waals surface area (Å²) in [5, 5.41) is 15.8. The summed E-state index contributed by atoms with van der Waals surface area (Å²) >= 11 is 11.7. The minimum atomic E-state index is -0.486. The van der Waals surface area contributed by atoms with Crippen LogP contribution in [0.5, 0.6) is 0 Å². The van der Waals surface area contributed by atoms with E-state index in [1.54, 1.807) is 18.2 Å². The predicted octanol–water partition coefficient (Wildman–Crippen LogP) is 3.42. The summed E-state index contributed by atoms with van der Waals surface area (Å²) in [6.45, 7) is -0.0399. The van der Waals surface area contributed by atoms with Crippen LogP contribution in [-0.2, 0) is 0 Å². The maximum Gasteiger partial charge on any atom is 0.319 e. The Labute approximate surface area is 122 Å². The van der Waals surface area contributed by atoms with Crippen molar-refractivity contribution >= 4 is 34.9 Å². The van der Waals surface area contributed by atoms with Gasteiger partial charge in [0, 0.05) is 5.69 Å². The number of urea groups is 1. The molecule has 1 aliphatic rings. The van der Waals surface area contributed by atoms with Crippen molar-refractivity contribution in [2.75, 3.05) is 11.9 Å². The van der Waals surface area contributed by atoms with Gasteiger partial charge in [-0.2, -0.15) is 0 Å². The van der Waals surface area contributed by atoms with Crippen LogP contribution < -0.4 is 10.6 Å². The average molecular weight is 303 g/mol. The lowest BCUT2D eigenvalue weighted by molar-refractivity contribution is 0.167. The van der Waals surface area contributed by atoms with Gasteiger partial charge >= 0.3 is 6.03 Å². The molecule has 6 heteroatoms. The summed E-state index contributed by atoms with van der Waals surface area (Å²) in [5.74, 6) is 0. The van der Waals surface area contributed by atoms with E-state index in [-0.39, 0.29) is 12.6 Å².